The summed E-state index contributed by atoms with van der Waals surface area (Å²) in [7, 11) is 1.98. The number of hydrogen-bond acceptors (Lipinski definition) is 5. The Morgan fingerprint density at radius 1 is 1.19 bits per heavy atom. The van der Waals surface area contributed by atoms with Crippen LogP contribution in [0, 0.1) is 5.92 Å². The second kappa shape index (κ2) is 7.41. The van der Waals surface area contributed by atoms with Gasteiger partial charge in [0, 0.05) is 50.5 Å². The number of fused-ring (bicyclic) bond motifs is 2. The van der Waals surface area contributed by atoms with Crippen molar-refractivity contribution in [1.82, 2.24) is 29.0 Å². The van der Waals surface area contributed by atoms with Crippen molar-refractivity contribution >= 4 is 28.1 Å². The molecular weight excluding hydrogens is 402 g/mol. The van der Waals surface area contributed by atoms with Crippen LogP contribution in [0.15, 0.2) is 36.7 Å². The summed E-state index contributed by atoms with van der Waals surface area (Å²) in [6.45, 7) is 2.29. The molecule has 0 bridgehead atoms. The monoisotopic (exact) mass is 429 g/mol. The predicted octanol–water partition coefficient (Wildman–Crippen LogP) is 2.96. The maximum absolute atomic E-state index is 13.0. The maximum Gasteiger partial charge on any atom is 0.255 e. The van der Waals surface area contributed by atoms with Gasteiger partial charge in [0.2, 0.25) is 0 Å². The molecule has 8 nitrogen and oxygen atoms in total. The molecule has 1 amide bonds. The van der Waals surface area contributed by atoms with Gasteiger partial charge in [-0.05, 0) is 55.9 Å². The smallest absolute Gasteiger partial charge is 0.255 e. The fourth-order valence-corrected chi connectivity index (χ4v) is 4.81. The Kier molecular flexibility index (Phi) is 4.50. The summed E-state index contributed by atoms with van der Waals surface area (Å²) < 4.78 is 4.30. The number of aromatic nitrogens is 5. The van der Waals surface area contributed by atoms with Gasteiger partial charge in [-0.1, -0.05) is 0 Å². The zero-order chi connectivity index (χ0) is 21.8. The number of carbonyl (C=O) groups is 1. The molecule has 0 radical (unpaired) electrons. The number of amides is 1. The van der Waals surface area contributed by atoms with Gasteiger partial charge >= 0.3 is 0 Å². The number of rotatable bonds is 4. The fourth-order valence-electron chi connectivity index (χ4n) is 4.81. The van der Waals surface area contributed by atoms with Crippen molar-refractivity contribution in [3.05, 3.63) is 42.2 Å². The largest absolute Gasteiger partial charge is 0.337 e. The molecule has 4 aromatic rings. The van der Waals surface area contributed by atoms with Crippen LogP contribution in [0.1, 0.15) is 36.0 Å². The lowest BCUT2D eigenvalue weighted by Gasteiger charge is -2.30. The topological polar surface area (TPSA) is 94.9 Å². The SMILES string of the molecule is Cn1c(-c2cc3cccnc3n2CC2CC2)nc2cc(C(=O)N3CCC[C@@H](N)C3)cnc21. The summed E-state index contributed by atoms with van der Waals surface area (Å²) in [6, 6.07) is 8.13. The molecule has 1 saturated heterocycles. The Hall–Kier alpha value is -3.26. The lowest BCUT2D eigenvalue weighted by atomic mass is 10.1. The van der Waals surface area contributed by atoms with Gasteiger partial charge in [-0.3, -0.25) is 4.79 Å². The minimum Gasteiger partial charge on any atom is -0.337 e. The summed E-state index contributed by atoms with van der Waals surface area (Å²) in [5, 5.41) is 1.11. The van der Waals surface area contributed by atoms with Crippen LogP contribution in [0.4, 0.5) is 0 Å². The van der Waals surface area contributed by atoms with Crippen LogP contribution < -0.4 is 5.73 Å². The molecule has 0 aromatic carbocycles. The molecule has 0 unspecified atom stereocenters. The second-order valence-electron chi connectivity index (χ2n) is 9.21. The lowest BCUT2D eigenvalue weighted by Crippen LogP contribution is -2.45. The van der Waals surface area contributed by atoms with Crippen molar-refractivity contribution in [3.63, 3.8) is 0 Å². The van der Waals surface area contributed by atoms with Crippen molar-refractivity contribution in [1.29, 1.82) is 0 Å². The van der Waals surface area contributed by atoms with Crippen molar-refractivity contribution in [3.8, 4) is 11.5 Å². The van der Waals surface area contributed by atoms with Gasteiger partial charge in [0.05, 0.1) is 11.3 Å². The molecule has 1 atom stereocenters. The third-order valence-corrected chi connectivity index (χ3v) is 6.72. The van der Waals surface area contributed by atoms with Gasteiger partial charge in [0.25, 0.3) is 5.91 Å². The van der Waals surface area contributed by atoms with Crippen LogP contribution in [0.3, 0.4) is 0 Å². The molecule has 32 heavy (non-hydrogen) atoms. The highest BCUT2D eigenvalue weighted by Gasteiger charge is 2.27. The van der Waals surface area contributed by atoms with Crippen LogP contribution in [-0.2, 0) is 13.6 Å². The Bertz CT molecular complexity index is 1330. The molecule has 1 saturated carbocycles. The number of piperidine rings is 1. The quantitative estimate of drug-likeness (QED) is 0.538. The number of likely N-dealkylation sites (tertiary alicyclic amines) is 1. The van der Waals surface area contributed by atoms with Gasteiger partial charge < -0.3 is 19.8 Å². The summed E-state index contributed by atoms with van der Waals surface area (Å²) in [5.41, 5.74) is 10.2. The minimum absolute atomic E-state index is 0.0196. The molecule has 1 aliphatic carbocycles. The first-order chi connectivity index (χ1) is 15.6. The third-order valence-electron chi connectivity index (χ3n) is 6.72. The van der Waals surface area contributed by atoms with Gasteiger partial charge in [0.15, 0.2) is 11.5 Å². The Morgan fingerprint density at radius 3 is 2.88 bits per heavy atom. The molecule has 8 heteroatoms. The zero-order valence-electron chi connectivity index (χ0n) is 18.2. The number of imidazole rings is 1. The first-order valence-corrected chi connectivity index (χ1v) is 11.4. The van der Waals surface area contributed by atoms with Crippen molar-refractivity contribution in [2.24, 2.45) is 18.7 Å². The van der Waals surface area contributed by atoms with E-state index in [2.05, 4.69) is 26.7 Å². The number of aryl methyl sites for hydroxylation is 1. The van der Waals surface area contributed by atoms with Gasteiger partial charge in [-0.25, -0.2) is 15.0 Å². The highest BCUT2D eigenvalue weighted by atomic mass is 16.2. The Morgan fingerprint density at radius 2 is 2.06 bits per heavy atom. The number of nitrogens with zero attached hydrogens (tertiary/aromatic N) is 6. The molecule has 2 aliphatic rings. The molecule has 1 aliphatic heterocycles. The van der Waals surface area contributed by atoms with Crippen LogP contribution in [0.25, 0.3) is 33.7 Å². The van der Waals surface area contributed by atoms with E-state index in [1.165, 1.54) is 12.8 Å². The first kappa shape index (κ1) is 19.4. The molecule has 6 rings (SSSR count). The molecule has 2 N–H and O–H groups in total. The number of hydrogen-bond donors (Lipinski definition) is 1. The van der Waals surface area contributed by atoms with E-state index < -0.39 is 0 Å². The first-order valence-electron chi connectivity index (χ1n) is 11.4. The summed E-state index contributed by atoms with van der Waals surface area (Å²) >= 11 is 0. The average molecular weight is 430 g/mol. The number of nitrogens with two attached hydrogens (primary N) is 1. The Labute approximate surface area is 186 Å². The highest BCUT2D eigenvalue weighted by Crippen LogP contribution is 2.35. The van der Waals surface area contributed by atoms with Crippen LogP contribution in [0.2, 0.25) is 0 Å². The van der Waals surface area contributed by atoms with Crippen molar-refractivity contribution in [2.45, 2.75) is 38.3 Å². The van der Waals surface area contributed by atoms with E-state index in [0.717, 1.165) is 59.6 Å². The lowest BCUT2D eigenvalue weighted by molar-refractivity contribution is 0.0708. The summed E-state index contributed by atoms with van der Waals surface area (Å²) in [5.74, 6) is 1.53. The van der Waals surface area contributed by atoms with Gasteiger partial charge in [0.1, 0.15) is 11.2 Å². The highest BCUT2D eigenvalue weighted by molar-refractivity contribution is 5.97. The third kappa shape index (κ3) is 3.26. The number of carbonyl (C=O) groups excluding carboxylic acids is 1. The van der Waals surface area contributed by atoms with Crippen LogP contribution in [-0.4, -0.2) is 54.0 Å². The van der Waals surface area contributed by atoms with Gasteiger partial charge in [-0.15, -0.1) is 0 Å². The van der Waals surface area contributed by atoms with E-state index in [4.69, 9.17) is 10.7 Å². The predicted molar refractivity (Wildman–Crippen MR) is 123 cm³/mol. The average Bonchev–Trinajstić information content (AvgIpc) is 3.48. The fraction of sp³-hybridized carbons (Fsp3) is 0.417. The van der Waals surface area contributed by atoms with E-state index in [9.17, 15) is 4.79 Å². The molecular formula is C24H27N7O. The normalized spacial score (nSPS) is 19.2. The molecule has 164 valence electrons. The number of pyridine rings is 2. The van der Waals surface area contributed by atoms with E-state index >= 15 is 0 Å². The van der Waals surface area contributed by atoms with E-state index in [1.54, 1.807) is 6.20 Å². The maximum atomic E-state index is 13.0. The zero-order valence-corrected chi connectivity index (χ0v) is 18.2. The molecule has 4 aromatic heterocycles. The van der Waals surface area contributed by atoms with E-state index in [1.807, 2.05) is 34.8 Å². The van der Waals surface area contributed by atoms with E-state index in [-0.39, 0.29) is 11.9 Å². The van der Waals surface area contributed by atoms with Crippen molar-refractivity contribution < 1.29 is 4.79 Å². The van der Waals surface area contributed by atoms with Crippen molar-refractivity contribution in [2.75, 3.05) is 13.1 Å². The Balaban J connectivity index is 1.42. The van der Waals surface area contributed by atoms with Crippen LogP contribution >= 0.6 is 0 Å². The second-order valence-corrected chi connectivity index (χ2v) is 9.21. The summed E-state index contributed by atoms with van der Waals surface area (Å²) in [4.78, 5) is 29.0. The molecule has 2 fully saturated rings. The minimum atomic E-state index is -0.0196. The summed E-state index contributed by atoms with van der Waals surface area (Å²) in [6.07, 6.45) is 7.95. The van der Waals surface area contributed by atoms with Crippen LogP contribution in [0.5, 0.6) is 0 Å². The van der Waals surface area contributed by atoms with E-state index in [0.29, 0.717) is 18.0 Å². The standard InChI is InChI=1S/C24H27N7O/c1-29-22-19(10-17(12-27-22)24(32)30-9-3-5-18(25)14-30)28-23(29)20-11-16-4-2-8-26-21(16)31(20)13-15-6-7-15/h2,4,8,10-12,15,18H,3,5-7,9,13-14,25H2,1H3/t18-/m1/s1. The van der Waals surface area contributed by atoms with Gasteiger partial charge in [-0.2, -0.15) is 0 Å². The molecule has 5 heterocycles. The molecule has 0 spiro atoms.